The minimum atomic E-state index is -3.60. The molecule has 28 heavy (non-hydrogen) atoms. The van der Waals surface area contributed by atoms with Crippen molar-refractivity contribution in [2.45, 2.75) is 44.9 Å². The van der Waals surface area contributed by atoms with Crippen LogP contribution in [-0.4, -0.2) is 51.4 Å². The zero-order chi connectivity index (χ0) is 19.9. The standard InChI is InChI=1S/C19H31N3O4S.ClH/c1-4-22(5-2)27(24,25)16-8-9-18(26-6-3)17(13-16)21-19(23)10-7-15-11-12-20-14-15;/h8-9,13,15,20H,4-7,10-12,14H2,1-3H3,(H,21,23);1H. The number of carbonyl (C=O) groups excluding carboxylic acids is 1. The Kier molecular flexibility index (Phi) is 10.2. The fourth-order valence-electron chi connectivity index (χ4n) is 3.27. The average Bonchev–Trinajstić information content (AvgIpc) is 3.16. The van der Waals surface area contributed by atoms with Crippen LogP contribution in [0.3, 0.4) is 0 Å². The molecule has 2 rings (SSSR count). The lowest BCUT2D eigenvalue weighted by Crippen LogP contribution is -2.30. The maximum atomic E-state index is 12.8. The lowest BCUT2D eigenvalue weighted by Gasteiger charge is -2.20. The van der Waals surface area contributed by atoms with E-state index in [1.807, 2.05) is 6.92 Å². The molecule has 1 amide bonds. The third-order valence-electron chi connectivity index (χ3n) is 4.81. The van der Waals surface area contributed by atoms with Gasteiger partial charge in [-0.2, -0.15) is 4.31 Å². The molecule has 0 aliphatic carbocycles. The van der Waals surface area contributed by atoms with Crippen molar-refractivity contribution in [1.29, 1.82) is 0 Å². The van der Waals surface area contributed by atoms with Crippen LogP contribution in [0.5, 0.6) is 5.75 Å². The van der Waals surface area contributed by atoms with E-state index in [4.69, 9.17) is 4.74 Å². The van der Waals surface area contributed by atoms with Crippen molar-refractivity contribution in [3.8, 4) is 5.75 Å². The highest BCUT2D eigenvalue weighted by atomic mass is 35.5. The molecule has 0 radical (unpaired) electrons. The predicted molar refractivity (Wildman–Crippen MR) is 114 cm³/mol. The quantitative estimate of drug-likeness (QED) is 0.592. The zero-order valence-electron chi connectivity index (χ0n) is 16.9. The van der Waals surface area contributed by atoms with Gasteiger partial charge in [-0.1, -0.05) is 13.8 Å². The van der Waals surface area contributed by atoms with Crippen LogP contribution in [0.25, 0.3) is 0 Å². The average molecular weight is 434 g/mol. The molecule has 0 saturated carbocycles. The molecule has 1 unspecified atom stereocenters. The number of benzene rings is 1. The van der Waals surface area contributed by atoms with Crippen molar-refractivity contribution in [1.82, 2.24) is 9.62 Å². The van der Waals surface area contributed by atoms with Gasteiger partial charge >= 0.3 is 0 Å². The highest BCUT2D eigenvalue weighted by Crippen LogP contribution is 2.29. The molecule has 7 nitrogen and oxygen atoms in total. The molecule has 2 N–H and O–H groups in total. The van der Waals surface area contributed by atoms with Gasteiger partial charge in [0.05, 0.1) is 17.2 Å². The SMILES string of the molecule is CCOc1ccc(S(=O)(=O)N(CC)CC)cc1NC(=O)CCC1CCNC1.Cl. The number of ether oxygens (including phenoxy) is 1. The van der Waals surface area contributed by atoms with E-state index in [1.165, 1.54) is 16.4 Å². The van der Waals surface area contributed by atoms with E-state index in [0.717, 1.165) is 25.9 Å². The lowest BCUT2D eigenvalue weighted by molar-refractivity contribution is -0.116. The number of hydrogen-bond acceptors (Lipinski definition) is 5. The molecule has 0 spiro atoms. The number of carbonyl (C=O) groups is 1. The van der Waals surface area contributed by atoms with Gasteiger partial charge in [-0.05, 0) is 57.0 Å². The van der Waals surface area contributed by atoms with Crippen LogP contribution in [0, 0.1) is 5.92 Å². The van der Waals surface area contributed by atoms with Gasteiger partial charge in [0, 0.05) is 19.5 Å². The summed E-state index contributed by atoms with van der Waals surface area (Å²) in [7, 11) is -3.60. The van der Waals surface area contributed by atoms with Crippen LogP contribution in [0.2, 0.25) is 0 Å². The Labute approximate surface area is 174 Å². The fraction of sp³-hybridized carbons (Fsp3) is 0.632. The van der Waals surface area contributed by atoms with Gasteiger partial charge in [0.1, 0.15) is 5.75 Å². The number of hydrogen-bond donors (Lipinski definition) is 2. The molecule has 9 heteroatoms. The first-order chi connectivity index (χ1) is 12.9. The molecule has 1 heterocycles. The Morgan fingerprint density at radius 1 is 1.29 bits per heavy atom. The Hall–Kier alpha value is -1.35. The predicted octanol–water partition coefficient (Wildman–Crippen LogP) is 2.87. The Bertz CT molecular complexity index is 733. The maximum Gasteiger partial charge on any atom is 0.243 e. The van der Waals surface area contributed by atoms with Crippen molar-refractivity contribution < 1.29 is 17.9 Å². The van der Waals surface area contributed by atoms with E-state index < -0.39 is 10.0 Å². The smallest absolute Gasteiger partial charge is 0.243 e. The highest BCUT2D eigenvalue weighted by molar-refractivity contribution is 7.89. The minimum Gasteiger partial charge on any atom is -0.492 e. The van der Waals surface area contributed by atoms with Crippen molar-refractivity contribution in [2.75, 3.05) is 38.1 Å². The molecule has 1 aliphatic heterocycles. The fourth-order valence-corrected chi connectivity index (χ4v) is 4.75. The molecule has 0 aromatic heterocycles. The molecule has 1 atom stereocenters. The zero-order valence-corrected chi connectivity index (χ0v) is 18.5. The molecule has 1 saturated heterocycles. The third kappa shape index (κ3) is 6.34. The Morgan fingerprint density at radius 2 is 2.00 bits per heavy atom. The first kappa shape index (κ1) is 24.7. The van der Waals surface area contributed by atoms with Gasteiger partial charge in [-0.15, -0.1) is 12.4 Å². The van der Waals surface area contributed by atoms with Gasteiger partial charge in [0.2, 0.25) is 15.9 Å². The summed E-state index contributed by atoms with van der Waals surface area (Å²) in [6, 6.07) is 4.63. The van der Waals surface area contributed by atoms with Crippen LogP contribution in [-0.2, 0) is 14.8 Å². The summed E-state index contributed by atoms with van der Waals surface area (Å²) in [4.78, 5) is 12.5. The van der Waals surface area contributed by atoms with Crippen LogP contribution in [0.1, 0.15) is 40.0 Å². The largest absolute Gasteiger partial charge is 0.492 e. The molecule has 1 fully saturated rings. The van der Waals surface area contributed by atoms with Crippen molar-refractivity contribution >= 4 is 34.0 Å². The molecule has 1 aromatic carbocycles. The summed E-state index contributed by atoms with van der Waals surface area (Å²) in [5.74, 6) is 0.878. The van der Waals surface area contributed by atoms with E-state index in [1.54, 1.807) is 19.9 Å². The Morgan fingerprint density at radius 3 is 2.57 bits per heavy atom. The summed E-state index contributed by atoms with van der Waals surface area (Å²) >= 11 is 0. The number of anilines is 1. The second-order valence-electron chi connectivity index (χ2n) is 6.63. The molecule has 1 aromatic rings. The lowest BCUT2D eigenvalue weighted by atomic mass is 10.0. The number of rotatable bonds is 10. The van der Waals surface area contributed by atoms with E-state index in [0.29, 0.717) is 43.5 Å². The van der Waals surface area contributed by atoms with E-state index in [-0.39, 0.29) is 23.2 Å². The van der Waals surface area contributed by atoms with Gasteiger partial charge in [0.15, 0.2) is 0 Å². The first-order valence-corrected chi connectivity index (χ1v) is 11.1. The Balaban J connectivity index is 0.00000392. The van der Waals surface area contributed by atoms with Gasteiger partial charge < -0.3 is 15.4 Å². The van der Waals surface area contributed by atoms with Gasteiger partial charge in [-0.25, -0.2) is 8.42 Å². The summed E-state index contributed by atoms with van der Waals surface area (Å²) < 4.78 is 32.5. The summed E-state index contributed by atoms with van der Waals surface area (Å²) in [5.41, 5.74) is 0.402. The summed E-state index contributed by atoms with van der Waals surface area (Å²) in [6.45, 7) is 8.62. The number of nitrogens with one attached hydrogen (secondary N) is 2. The van der Waals surface area contributed by atoms with E-state index in [2.05, 4.69) is 10.6 Å². The van der Waals surface area contributed by atoms with Gasteiger partial charge in [0.25, 0.3) is 0 Å². The van der Waals surface area contributed by atoms with Crippen LogP contribution in [0.4, 0.5) is 5.69 Å². The molecular formula is C19H32ClN3O4S. The third-order valence-corrected chi connectivity index (χ3v) is 6.86. The normalized spacial score (nSPS) is 16.6. The monoisotopic (exact) mass is 433 g/mol. The van der Waals surface area contributed by atoms with E-state index in [9.17, 15) is 13.2 Å². The second kappa shape index (κ2) is 11.6. The van der Waals surface area contributed by atoms with Crippen molar-refractivity contribution in [3.05, 3.63) is 18.2 Å². The molecule has 160 valence electrons. The van der Waals surface area contributed by atoms with Crippen LogP contribution in [0.15, 0.2) is 23.1 Å². The first-order valence-electron chi connectivity index (χ1n) is 9.69. The molecular weight excluding hydrogens is 402 g/mol. The highest BCUT2D eigenvalue weighted by Gasteiger charge is 2.23. The van der Waals surface area contributed by atoms with Crippen LogP contribution < -0.4 is 15.4 Å². The van der Waals surface area contributed by atoms with E-state index >= 15 is 0 Å². The number of nitrogens with zero attached hydrogens (tertiary/aromatic N) is 1. The summed E-state index contributed by atoms with van der Waals surface area (Å²) in [5, 5.41) is 6.13. The van der Waals surface area contributed by atoms with Crippen molar-refractivity contribution in [3.63, 3.8) is 0 Å². The summed E-state index contributed by atoms with van der Waals surface area (Å²) in [6.07, 6.45) is 2.32. The molecule has 0 bridgehead atoms. The molecule has 1 aliphatic rings. The van der Waals surface area contributed by atoms with Gasteiger partial charge in [-0.3, -0.25) is 4.79 Å². The second-order valence-corrected chi connectivity index (χ2v) is 8.56. The maximum absolute atomic E-state index is 12.8. The number of amides is 1. The van der Waals surface area contributed by atoms with Crippen LogP contribution >= 0.6 is 12.4 Å². The minimum absolute atomic E-state index is 0. The number of halogens is 1. The number of sulfonamides is 1. The topological polar surface area (TPSA) is 87.7 Å². The van der Waals surface area contributed by atoms with Crippen molar-refractivity contribution in [2.24, 2.45) is 5.92 Å².